The van der Waals surface area contributed by atoms with Gasteiger partial charge in [0.05, 0.1) is 13.1 Å². The molecule has 9 heteroatoms. The van der Waals surface area contributed by atoms with Gasteiger partial charge in [-0.1, -0.05) is 87.2 Å². The number of hydrazine groups is 1. The average molecular weight is 574 g/mol. The molecule has 2 fully saturated rings. The van der Waals surface area contributed by atoms with E-state index in [-0.39, 0.29) is 49.1 Å². The van der Waals surface area contributed by atoms with Gasteiger partial charge in [-0.25, -0.2) is 19.2 Å². The standard InChI is InChI=1S/C33H40FN5O3/c1-6-7-9-12-24(4)28(26-13-10-8-11-14-26)20-37-21-29-38(31(23(2)3)32(37)41)30(40)22-36(5)39(29)33(42)35-19-25-15-17-27(34)18-16-25/h6-18,23,28-29,31H,4,19-22H2,1-3,5H3,(H,35,42)/b7-6-,12-9-/t28?,29-,31-/m0/s1. The molecule has 0 bridgehead atoms. The minimum atomic E-state index is -0.722. The van der Waals surface area contributed by atoms with Crippen molar-refractivity contribution in [3.05, 3.63) is 108 Å². The van der Waals surface area contributed by atoms with Gasteiger partial charge in [-0.2, -0.15) is 0 Å². The van der Waals surface area contributed by atoms with Gasteiger partial charge in [-0.05, 0) is 41.7 Å². The number of benzene rings is 2. The van der Waals surface area contributed by atoms with Crippen molar-refractivity contribution in [2.24, 2.45) is 5.92 Å². The maximum Gasteiger partial charge on any atom is 0.334 e. The zero-order valence-electron chi connectivity index (χ0n) is 24.7. The highest BCUT2D eigenvalue weighted by Crippen LogP contribution is 2.32. The van der Waals surface area contributed by atoms with E-state index in [0.717, 1.165) is 16.7 Å². The number of carbonyl (C=O) groups is 3. The van der Waals surface area contributed by atoms with Crippen LogP contribution < -0.4 is 5.32 Å². The molecule has 1 unspecified atom stereocenters. The maximum atomic E-state index is 14.0. The SMILES string of the molecule is C=C(/C=C\C=C/C)C(CN1C[C@H]2N(C(=O)CN(C)N2C(=O)NCc2ccc(F)cc2)[C@@H](C(C)C)C1=O)c1ccccc1. The number of carbonyl (C=O) groups excluding carboxylic acids is 3. The number of rotatable bonds is 9. The van der Waals surface area contributed by atoms with E-state index in [2.05, 4.69) is 11.9 Å². The third-order valence-electron chi connectivity index (χ3n) is 7.73. The number of nitrogens with one attached hydrogen (secondary N) is 1. The number of piperazine rings is 1. The predicted molar refractivity (Wildman–Crippen MR) is 161 cm³/mol. The number of likely N-dealkylation sites (N-methyl/N-ethyl adjacent to an activating group) is 1. The molecule has 8 nitrogen and oxygen atoms in total. The maximum absolute atomic E-state index is 14.0. The Morgan fingerprint density at radius 1 is 1.10 bits per heavy atom. The Labute approximate surface area is 247 Å². The first-order chi connectivity index (χ1) is 20.1. The summed E-state index contributed by atoms with van der Waals surface area (Å²) in [5, 5.41) is 6.03. The quantitative estimate of drug-likeness (QED) is 0.442. The molecule has 0 aromatic heterocycles. The van der Waals surface area contributed by atoms with Crippen LogP contribution in [0.5, 0.6) is 0 Å². The van der Waals surface area contributed by atoms with Gasteiger partial charge in [0.1, 0.15) is 18.0 Å². The molecule has 4 amide bonds. The van der Waals surface area contributed by atoms with E-state index in [0.29, 0.717) is 6.54 Å². The molecule has 2 heterocycles. The summed E-state index contributed by atoms with van der Waals surface area (Å²) in [7, 11) is 1.69. The number of amides is 4. The van der Waals surface area contributed by atoms with Crippen LogP contribution in [0.1, 0.15) is 37.8 Å². The van der Waals surface area contributed by atoms with Gasteiger partial charge in [0.2, 0.25) is 11.8 Å². The zero-order valence-corrected chi connectivity index (χ0v) is 24.7. The van der Waals surface area contributed by atoms with Crippen LogP contribution in [0.25, 0.3) is 0 Å². The normalized spacial score (nSPS) is 20.5. The first-order valence-electron chi connectivity index (χ1n) is 14.3. The number of urea groups is 1. The summed E-state index contributed by atoms with van der Waals surface area (Å²) in [6, 6.07) is 14.7. The van der Waals surface area contributed by atoms with Gasteiger partial charge in [-0.3, -0.25) is 9.59 Å². The highest BCUT2D eigenvalue weighted by atomic mass is 19.1. The molecule has 0 spiro atoms. The fourth-order valence-electron chi connectivity index (χ4n) is 5.64. The number of halogens is 1. The number of hydrogen-bond acceptors (Lipinski definition) is 4. The molecular formula is C33H40FN5O3. The fourth-order valence-corrected chi connectivity index (χ4v) is 5.64. The van der Waals surface area contributed by atoms with Crippen molar-refractivity contribution in [3.63, 3.8) is 0 Å². The van der Waals surface area contributed by atoms with Crippen molar-refractivity contribution in [1.82, 2.24) is 25.1 Å². The summed E-state index contributed by atoms with van der Waals surface area (Å²) in [6.07, 6.45) is 7.04. The zero-order chi connectivity index (χ0) is 30.4. The summed E-state index contributed by atoms with van der Waals surface area (Å²) in [4.78, 5) is 44.4. The molecule has 2 aliphatic heterocycles. The molecule has 4 rings (SSSR count). The Balaban J connectivity index is 1.64. The number of hydrogen-bond donors (Lipinski definition) is 1. The molecule has 42 heavy (non-hydrogen) atoms. The molecule has 1 N–H and O–H groups in total. The second kappa shape index (κ2) is 13.6. The van der Waals surface area contributed by atoms with Gasteiger partial charge in [0, 0.05) is 26.1 Å². The molecule has 3 atom stereocenters. The Morgan fingerprint density at radius 2 is 1.79 bits per heavy atom. The summed E-state index contributed by atoms with van der Waals surface area (Å²) in [5.41, 5.74) is 2.61. The highest BCUT2D eigenvalue weighted by molar-refractivity contribution is 5.91. The second-order valence-corrected chi connectivity index (χ2v) is 11.1. The molecule has 222 valence electrons. The van der Waals surface area contributed by atoms with Crippen LogP contribution in [0.15, 0.2) is 91.1 Å². The lowest BCUT2D eigenvalue weighted by molar-refractivity contribution is -0.190. The topological polar surface area (TPSA) is 76.2 Å². The molecule has 2 aromatic rings. The van der Waals surface area contributed by atoms with E-state index < -0.39 is 18.2 Å². The van der Waals surface area contributed by atoms with Crippen molar-refractivity contribution in [3.8, 4) is 0 Å². The van der Waals surface area contributed by atoms with Gasteiger partial charge in [0.25, 0.3) is 0 Å². The van der Waals surface area contributed by atoms with Gasteiger partial charge < -0.3 is 15.1 Å². The van der Waals surface area contributed by atoms with Gasteiger partial charge in [-0.15, -0.1) is 0 Å². The largest absolute Gasteiger partial charge is 0.336 e. The Kier molecular flexibility index (Phi) is 9.96. The average Bonchev–Trinajstić information content (AvgIpc) is 2.96. The smallest absolute Gasteiger partial charge is 0.334 e. The monoisotopic (exact) mass is 573 g/mol. The molecule has 2 aliphatic rings. The van der Waals surface area contributed by atoms with E-state index in [9.17, 15) is 18.8 Å². The van der Waals surface area contributed by atoms with Crippen molar-refractivity contribution in [2.45, 2.75) is 45.4 Å². The van der Waals surface area contributed by atoms with Crippen LogP contribution in [-0.2, 0) is 16.1 Å². The van der Waals surface area contributed by atoms with E-state index >= 15 is 0 Å². The van der Waals surface area contributed by atoms with Crippen LogP contribution in [0.3, 0.4) is 0 Å². The molecule has 0 radical (unpaired) electrons. The minimum Gasteiger partial charge on any atom is -0.336 e. The van der Waals surface area contributed by atoms with E-state index in [4.69, 9.17) is 0 Å². The lowest BCUT2D eigenvalue weighted by Crippen LogP contribution is -2.76. The number of nitrogens with zero attached hydrogens (tertiary/aromatic N) is 4. The van der Waals surface area contributed by atoms with Crippen molar-refractivity contribution in [2.75, 3.05) is 26.7 Å². The van der Waals surface area contributed by atoms with Crippen LogP contribution in [0.4, 0.5) is 9.18 Å². The third-order valence-corrected chi connectivity index (χ3v) is 7.73. The van der Waals surface area contributed by atoms with E-state index in [1.54, 1.807) is 34.0 Å². The lowest BCUT2D eigenvalue weighted by atomic mass is 9.89. The van der Waals surface area contributed by atoms with E-state index in [1.807, 2.05) is 75.4 Å². The fraction of sp³-hybridized carbons (Fsp3) is 0.364. The Hall–Kier alpha value is -4.24. The van der Waals surface area contributed by atoms with E-state index in [1.165, 1.54) is 17.1 Å². The summed E-state index contributed by atoms with van der Waals surface area (Å²) in [6.45, 7) is 10.8. The number of fused-ring (bicyclic) bond motifs is 1. The van der Waals surface area contributed by atoms with Crippen LogP contribution in [0, 0.1) is 11.7 Å². The van der Waals surface area contributed by atoms with Crippen molar-refractivity contribution in [1.29, 1.82) is 0 Å². The third kappa shape index (κ3) is 6.79. The summed E-state index contributed by atoms with van der Waals surface area (Å²) in [5.74, 6) is -1.05. The molecule has 0 saturated carbocycles. The first-order valence-corrected chi connectivity index (χ1v) is 14.3. The Morgan fingerprint density at radius 3 is 2.43 bits per heavy atom. The first kappa shape index (κ1) is 30.7. The van der Waals surface area contributed by atoms with Crippen LogP contribution in [0.2, 0.25) is 0 Å². The molecule has 2 saturated heterocycles. The molecule has 2 aromatic carbocycles. The summed E-state index contributed by atoms with van der Waals surface area (Å²) < 4.78 is 13.4. The minimum absolute atomic E-state index is 0.0316. The van der Waals surface area contributed by atoms with Crippen molar-refractivity contribution < 1.29 is 18.8 Å². The van der Waals surface area contributed by atoms with Crippen LogP contribution in [-0.4, -0.2) is 76.6 Å². The second-order valence-electron chi connectivity index (χ2n) is 11.1. The predicted octanol–water partition coefficient (Wildman–Crippen LogP) is 4.69. The Bertz CT molecular complexity index is 1340. The van der Waals surface area contributed by atoms with Gasteiger partial charge in [0.15, 0.2) is 0 Å². The van der Waals surface area contributed by atoms with Gasteiger partial charge >= 0.3 is 6.03 Å². The van der Waals surface area contributed by atoms with Crippen LogP contribution >= 0.6 is 0 Å². The molecule has 0 aliphatic carbocycles. The van der Waals surface area contributed by atoms with Crippen molar-refractivity contribution >= 4 is 17.8 Å². The summed E-state index contributed by atoms with van der Waals surface area (Å²) >= 11 is 0. The molecular weight excluding hydrogens is 533 g/mol. The highest BCUT2D eigenvalue weighted by Gasteiger charge is 2.51. The number of allylic oxidation sites excluding steroid dienone is 4. The lowest BCUT2D eigenvalue weighted by Gasteiger charge is -2.55.